The van der Waals surface area contributed by atoms with Crippen LogP contribution in [0.5, 0.6) is 0 Å². The molecule has 0 spiro atoms. The van der Waals surface area contributed by atoms with Gasteiger partial charge in [0.05, 0.1) is 7.11 Å². The van der Waals surface area contributed by atoms with E-state index in [0.717, 1.165) is 18.4 Å². The van der Waals surface area contributed by atoms with Crippen molar-refractivity contribution < 1.29 is 9.53 Å². The average Bonchev–Trinajstić information content (AvgIpc) is 2.27. The summed E-state index contributed by atoms with van der Waals surface area (Å²) < 4.78 is 4.77. The van der Waals surface area contributed by atoms with Crippen molar-refractivity contribution in [2.75, 3.05) is 13.7 Å². The molecule has 0 aliphatic heterocycles. The van der Waals surface area contributed by atoms with Gasteiger partial charge in [0.1, 0.15) is 5.54 Å². The molecule has 1 aliphatic carbocycles. The fourth-order valence-corrected chi connectivity index (χ4v) is 2.26. The molecule has 0 radical (unpaired) electrons. The molecule has 3 nitrogen and oxygen atoms in total. The summed E-state index contributed by atoms with van der Waals surface area (Å²) >= 11 is 0. The van der Waals surface area contributed by atoms with Crippen LogP contribution in [0.25, 0.3) is 0 Å². The first-order valence-electron chi connectivity index (χ1n) is 6.29. The molecule has 0 bridgehead atoms. The molecule has 1 saturated carbocycles. The maximum atomic E-state index is 11.5. The number of hydrogen-bond donors (Lipinski definition) is 1. The van der Waals surface area contributed by atoms with Gasteiger partial charge in [-0.05, 0) is 45.1 Å². The minimum atomic E-state index is -0.558. The summed E-state index contributed by atoms with van der Waals surface area (Å²) in [4.78, 5) is 11.5. The highest BCUT2D eigenvalue weighted by molar-refractivity contribution is 5.79. The summed E-state index contributed by atoms with van der Waals surface area (Å²) in [5.41, 5.74) is -0.558. The lowest BCUT2D eigenvalue weighted by molar-refractivity contribution is -0.147. The predicted octanol–water partition coefficient (Wildman–Crippen LogP) is 2.35. The van der Waals surface area contributed by atoms with Crippen molar-refractivity contribution in [1.29, 1.82) is 0 Å². The van der Waals surface area contributed by atoms with Gasteiger partial charge in [-0.1, -0.05) is 19.8 Å². The molecule has 0 heterocycles. The Morgan fingerprint density at radius 2 is 1.88 bits per heavy atom. The van der Waals surface area contributed by atoms with Crippen LogP contribution in [-0.4, -0.2) is 25.2 Å². The maximum Gasteiger partial charge on any atom is 0.325 e. The van der Waals surface area contributed by atoms with Gasteiger partial charge in [0, 0.05) is 0 Å². The summed E-state index contributed by atoms with van der Waals surface area (Å²) in [5.74, 6) is 1.42. The van der Waals surface area contributed by atoms with Gasteiger partial charge in [-0.2, -0.15) is 0 Å². The van der Waals surface area contributed by atoms with E-state index in [-0.39, 0.29) is 5.97 Å². The van der Waals surface area contributed by atoms with Crippen LogP contribution < -0.4 is 5.32 Å². The van der Waals surface area contributed by atoms with E-state index in [2.05, 4.69) is 12.2 Å². The lowest BCUT2D eigenvalue weighted by atomic mass is 9.83. The van der Waals surface area contributed by atoms with Crippen LogP contribution in [-0.2, 0) is 9.53 Å². The third-order valence-electron chi connectivity index (χ3n) is 3.66. The topological polar surface area (TPSA) is 38.3 Å². The summed E-state index contributed by atoms with van der Waals surface area (Å²) in [6.07, 6.45) is 5.22. The summed E-state index contributed by atoms with van der Waals surface area (Å²) in [6.45, 7) is 7.01. The van der Waals surface area contributed by atoms with Gasteiger partial charge in [0.25, 0.3) is 0 Å². The first-order chi connectivity index (χ1) is 7.45. The van der Waals surface area contributed by atoms with Crippen LogP contribution in [0.3, 0.4) is 0 Å². The first-order valence-corrected chi connectivity index (χ1v) is 6.29. The normalized spacial score (nSPS) is 26.5. The zero-order valence-electron chi connectivity index (χ0n) is 11.0. The Balaban J connectivity index is 2.31. The highest BCUT2D eigenvalue weighted by atomic mass is 16.5. The second-order valence-electron chi connectivity index (χ2n) is 5.62. The number of carbonyl (C=O) groups is 1. The van der Waals surface area contributed by atoms with Gasteiger partial charge < -0.3 is 10.1 Å². The molecule has 0 aromatic rings. The molecule has 0 aromatic carbocycles. The number of rotatable bonds is 4. The molecule has 0 atom stereocenters. The maximum absolute atomic E-state index is 11.5. The molecule has 1 aliphatic rings. The van der Waals surface area contributed by atoms with Gasteiger partial charge in [-0.15, -0.1) is 0 Å². The molecule has 0 aromatic heterocycles. The van der Waals surface area contributed by atoms with Gasteiger partial charge >= 0.3 is 5.97 Å². The number of ether oxygens (including phenoxy) is 1. The minimum absolute atomic E-state index is 0.184. The van der Waals surface area contributed by atoms with E-state index in [4.69, 9.17) is 4.74 Å². The fraction of sp³-hybridized carbons (Fsp3) is 0.923. The minimum Gasteiger partial charge on any atom is -0.468 e. The number of hydrogen-bond acceptors (Lipinski definition) is 3. The Morgan fingerprint density at radius 1 is 1.31 bits per heavy atom. The lowest BCUT2D eigenvalue weighted by Gasteiger charge is -2.30. The zero-order chi connectivity index (χ0) is 12.2. The largest absolute Gasteiger partial charge is 0.468 e. The Hall–Kier alpha value is -0.570. The highest BCUT2D eigenvalue weighted by Gasteiger charge is 2.29. The van der Waals surface area contributed by atoms with E-state index in [1.807, 2.05) is 13.8 Å². The number of methoxy groups -OCH3 is 1. The molecule has 16 heavy (non-hydrogen) atoms. The second kappa shape index (κ2) is 5.67. The monoisotopic (exact) mass is 227 g/mol. The van der Waals surface area contributed by atoms with Crippen LogP contribution in [0.4, 0.5) is 0 Å². The first kappa shape index (κ1) is 13.5. The molecule has 0 saturated heterocycles. The quantitative estimate of drug-likeness (QED) is 0.749. The van der Waals surface area contributed by atoms with Gasteiger partial charge in [-0.25, -0.2) is 0 Å². The van der Waals surface area contributed by atoms with Crippen LogP contribution in [0.1, 0.15) is 46.5 Å². The molecule has 94 valence electrons. The van der Waals surface area contributed by atoms with Crippen molar-refractivity contribution in [3.63, 3.8) is 0 Å². The van der Waals surface area contributed by atoms with E-state index in [9.17, 15) is 4.79 Å². The Bertz CT molecular complexity index is 230. The van der Waals surface area contributed by atoms with Crippen molar-refractivity contribution in [2.45, 2.75) is 52.0 Å². The van der Waals surface area contributed by atoms with Crippen LogP contribution in [0.15, 0.2) is 0 Å². The van der Waals surface area contributed by atoms with E-state index in [1.54, 1.807) is 0 Å². The summed E-state index contributed by atoms with van der Waals surface area (Å²) in [7, 11) is 1.44. The number of carbonyl (C=O) groups excluding carboxylic acids is 1. The van der Waals surface area contributed by atoms with Crippen molar-refractivity contribution >= 4 is 5.97 Å². The third-order valence-corrected chi connectivity index (χ3v) is 3.66. The smallest absolute Gasteiger partial charge is 0.325 e. The number of nitrogens with one attached hydrogen (secondary N) is 1. The van der Waals surface area contributed by atoms with Crippen LogP contribution in [0, 0.1) is 11.8 Å². The highest BCUT2D eigenvalue weighted by Crippen LogP contribution is 2.28. The summed E-state index contributed by atoms with van der Waals surface area (Å²) in [5, 5.41) is 3.32. The molecule has 1 rings (SSSR count). The van der Waals surface area contributed by atoms with Gasteiger partial charge in [-0.3, -0.25) is 4.79 Å². The molecule has 1 N–H and O–H groups in total. The van der Waals surface area contributed by atoms with Gasteiger partial charge in [0.2, 0.25) is 0 Å². The number of esters is 1. The van der Waals surface area contributed by atoms with E-state index >= 15 is 0 Å². The Morgan fingerprint density at radius 3 is 2.38 bits per heavy atom. The predicted molar refractivity (Wildman–Crippen MR) is 65.2 cm³/mol. The second-order valence-corrected chi connectivity index (χ2v) is 5.62. The molecule has 1 fully saturated rings. The fourth-order valence-electron chi connectivity index (χ4n) is 2.26. The Labute approximate surface area is 98.9 Å². The van der Waals surface area contributed by atoms with E-state index in [1.165, 1.54) is 32.8 Å². The zero-order valence-corrected chi connectivity index (χ0v) is 11.0. The van der Waals surface area contributed by atoms with E-state index < -0.39 is 5.54 Å². The van der Waals surface area contributed by atoms with Crippen molar-refractivity contribution in [3.05, 3.63) is 0 Å². The van der Waals surface area contributed by atoms with Gasteiger partial charge in [0.15, 0.2) is 0 Å². The van der Waals surface area contributed by atoms with Crippen molar-refractivity contribution in [3.8, 4) is 0 Å². The standard InChI is InChI=1S/C13H25NO2/c1-10-5-7-11(8-6-10)9-14-13(2,3)12(15)16-4/h10-11,14H,5-9H2,1-4H3. The third kappa shape index (κ3) is 3.78. The van der Waals surface area contributed by atoms with Crippen molar-refractivity contribution in [1.82, 2.24) is 5.32 Å². The van der Waals surface area contributed by atoms with Crippen LogP contribution in [0.2, 0.25) is 0 Å². The Kier molecular flexibility index (Phi) is 4.78. The molecule has 3 heteroatoms. The average molecular weight is 227 g/mol. The summed E-state index contributed by atoms with van der Waals surface area (Å²) in [6, 6.07) is 0. The molecular weight excluding hydrogens is 202 g/mol. The molecule has 0 unspecified atom stereocenters. The van der Waals surface area contributed by atoms with Crippen LogP contribution >= 0.6 is 0 Å². The molecular formula is C13H25NO2. The van der Waals surface area contributed by atoms with Crippen molar-refractivity contribution in [2.24, 2.45) is 11.8 Å². The molecule has 0 amide bonds. The van der Waals surface area contributed by atoms with E-state index in [0.29, 0.717) is 0 Å². The lowest BCUT2D eigenvalue weighted by Crippen LogP contribution is -2.49. The SMILES string of the molecule is COC(=O)C(C)(C)NCC1CCC(C)CC1.